The van der Waals surface area contributed by atoms with Gasteiger partial charge >= 0.3 is 0 Å². The Balaban J connectivity index is 1.93. The van der Waals surface area contributed by atoms with E-state index in [0.717, 1.165) is 4.47 Å². The summed E-state index contributed by atoms with van der Waals surface area (Å²) in [6, 6.07) is 8.84. The minimum absolute atomic E-state index is 0.171. The number of rotatable bonds is 3. The molecule has 1 aliphatic carbocycles. The quantitative estimate of drug-likeness (QED) is 0.657. The topological polar surface area (TPSA) is 50.4 Å². The molecule has 1 aromatic rings. The summed E-state index contributed by atoms with van der Waals surface area (Å²) in [5.41, 5.74) is 7.21. The van der Waals surface area contributed by atoms with E-state index >= 15 is 0 Å². The van der Waals surface area contributed by atoms with Crippen molar-refractivity contribution >= 4 is 21.9 Å². The van der Waals surface area contributed by atoms with E-state index in [2.05, 4.69) is 45.3 Å². The molecule has 19 heavy (non-hydrogen) atoms. The van der Waals surface area contributed by atoms with Crippen molar-refractivity contribution < 1.29 is 0 Å². The summed E-state index contributed by atoms with van der Waals surface area (Å²) in [5, 5.41) is 3.28. The molecule has 0 radical (unpaired) electrons. The van der Waals surface area contributed by atoms with Crippen LogP contribution in [0.4, 0.5) is 0 Å². The second-order valence-corrected chi connectivity index (χ2v) is 6.14. The summed E-state index contributed by atoms with van der Waals surface area (Å²) in [5.74, 6) is 0.569. The molecule has 0 aromatic heterocycles. The van der Waals surface area contributed by atoms with Crippen molar-refractivity contribution in [1.82, 2.24) is 5.32 Å². The lowest BCUT2D eigenvalue weighted by atomic mass is 9.96. The lowest BCUT2D eigenvalue weighted by Gasteiger charge is -2.20. The highest BCUT2D eigenvalue weighted by Gasteiger charge is 2.13. The highest BCUT2D eigenvalue weighted by Crippen LogP contribution is 2.21. The summed E-state index contributed by atoms with van der Waals surface area (Å²) in [6.45, 7) is 2.10. The summed E-state index contributed by atoms with van der Waals surface area (Å²) in [4.78, 5) is 4.60. The molecule has 0 aliphatic heterocycles. The summed E-state index contributed by atoms with van der Waals surface area (Å²) >= 11 is 3.49. The molecule has 0 amide bonds. The second-order valence-electron chi connectivity index (χ2n) is 5.23. The van der Waals surface area contributed by atoms with Gasteiger partial charge in [0.2, 0.25) is 0 Å². The Bertz CT molecular complexity index is 439. The molecule has 1 aromatic carbocycles. The molecule has 0 bridgehead atoms. The molecule has 4 heteroatoms. The van der Waals surface area contributed by atoms with E-state index in [9.17, 15) is 0 Å². The number of benzene rings is 1. The molecule has 1 fully saturated rings. The molecule has 1 aliphatic rings. The third-order valence-corrected chi connectivity index (χ3v) is 4.10. The van der Waals surface area contributed by atoms with Crippen LogP contribution in [0.25, 0.3) is 0 Å². The molecule has 0 spiro atoms. The van der Waals surface area contributed by atoms with Crippen molar-refractivity contribution in [3.8, 4) is 0 Å². The minimum atomic E-state index is 0.171. The first kappa shape index (κ1) is 14.4. The first-order valence-corrected chi connectivity index (χ1v) is 7.80. The Morgan fingerprint density at radius 1 is 1.37 bits per heavy atom. The number of nitrogens with two attached hydrogens (primary N) is 1. The average Bonchev–Trinajstić information content (AvgIpc) is 2.39. The molecule has 1 unspecified atom stereocenters. The number of hydrogen-bond acceptors (Lipinski definition) is 1. The maximum atomic E-state index is 6.01. The van der Waals surface area contributed by atoms with E-state index in [1.165, 1.54) is 37.7 Å². The summed E-state index contributed by atoms with van der Waals surface area (Å²) in [6.07, 6.45) is 6.25. The Morgan fingerprint density at radius 2 is 2.11 bits per heavy atom. The van der Waals surface area contributed by atoms with Crippen molar-refractivity contribution in [1.29, 1.82) is 0 Å². The van der Waals surface area contributed by atoms with Crippen LogP contribution in [0, 0.1) is 0 Å². The van der Waals surface area contributed by atoms with E-state index in [-0.39, 0.29) is 6.04 Å². The SMILES string of the molecule is CC(NC(N)=NC1CCCCC1)c1cccc(Br)c1. The molecule has 0 saturated heterocycles. The van der Waals surface area contributed by atoms with E-state index < -0.39 is 0 Å². The Hall–Kier alpha value is -1.03. The van der Waals surface area contributed by atoms with Crippen LogP contribution < -0.4 is 11.1 Å². The van der Waals surface area contributed by atoms with Gasteiger partial charge in [-0.1, -0.05) is 47.3 Å². The van der Waals surface area contributed by atoms with Crippen LogP contribution in [0.1, 0.15) is 50.6 Å². The number of nitrogens with zero attached hydrogens (tertiary/aromatic N) is 1. The molecule has 1 saturated carbocycles. The highest BCUT2D eigenvalue weighted by atomic mass is 79.9. The van der Waals surface area contributed by atoms with Crippen LogP contribution in [0.15, 0.2) is 33.7 Å². The van der Waals surface area contributed by atoms with Crippen molar-refractivity contribution in [2.24, 2.45) is 10.7 Å². The van der Waals surface area contributed by atoms with Crippen LogP contribution in [-0.2, 0) is 0 Å². The van der Waals surface area contributed by atoms with Crippen molar-refractivity contribution in [3.63, 3.8) is 0 Å². The number of aliphatic imine (C=N–C) groups is 1. The van der Waals surface area contributed by atoms with Crippen molar-refractivity contribution in [2.45, 2.75) is 51.1 Å². The maximum absolute atomic E-state index is 6.01. The molecule has 104 valence electrons. The molecular weight excluding hydrogens is 302 g/mol. The number of nitrogens with one attached hydrogen (secondary N) is 1. The molecule has 3 N–H and O–H groups in total. The lowest BCUT2D eigenvalue weighted by molar-refractivity contribution is 0.441. The lowest BCUT2D eigenvalue weighted by Crippen LogP contribution is -2.35. The van der Waals surface area contributed by atoms with Gasteiger partial charge in [0.15, 0.2) is 5.96 Å². The van der Waals surface area contributed by atoms with E-state index in [0.29, 0.717) is 12.0 Å². The predicted molar refractivity (Wildman–Crippen MR) is 84.2 cm³/mol. The van der Waals surface area contributed by atoms with Crippen molar-refractivity contribution in [3.05, 3.63) is 34.3 Å². The number of guanidine groups is 1. The Morgan fingerprint density at radius 3 is 2.79 bits per heavy atom. The smallest absolute Gasteiger partial charge is 0.189 e. The van der Waals surface area contributed by atoms with Crippen LogP contribution in [0.5, 0.6) is 0 Å². The monoisotopic (exact) mass is 323 g/mol. The van der Waals surface area contributed by atoms with Crippen LogP contribution >= 0.6 is 15.9 Å². The van der Waals surface area contributed by atoms with E-state index in [1.54, 1.807) is 0 Å². The van der Waals surface area contributed by atoms with E-state index in [4.69, 9.17) is 5.73 Å². The van der Waals surface area contributed by atoms with Gasteiger partial charge in [0, 0.05) is 4.47 Å². The number of halogens is 1. The Labute approximate surface area is 123 Å². The first-order valence-electron chi connectivity index (χ1n) is 7.00. The number of hydrogen-bond donors (Lipinski definition) is 2. The first-order chi connectivity index (χ1) is 9.15. The molecule has 1 atom stereocenters. The zero-order valence-electron chi connectivity index (χ0n) is 11.4. The largest absolute Gasteiger partial charge is 0.370 e. The van der Waals surface area contributed by atoms with Crippen LogP contribution in [0.2, 0.25) is 0 Å². The average molecular weight is 324 g/mol. The fraction of sp³-hybridized carbons (Fsp3) is 0.533. The highest BCUT2D eigenvalue weighted by molar-refractivity contribution is 9.10. The van der Waals surface area contributed by atoms with Gasteiger partial charge in [-0.25, -0.2) is 0 Å². The van der Waals surface area contributed by atoms with Gasteiger partial charge in [0.05, 0.1) is 12.1 Å². The standard InChI is InChI=1S/C15H22BrN3/c1-11(12-6-5-7-13(16)10-12)18-15(17)19-14-8-3-2-4-9-14/h5-7,10-11,14H,2-4,8-9H2,1H3,(H3,17,18,19). The minimum Gasteiger partial charge on any atom is -0.370 e. The fourth-order valence-corrected chi connectivity index (χ4v) is 2.94. The van der Waals surface area contributed by atoms with Gasteiger partial charge in [0.25, 0.3) is 0 Å². The van der Waals surface area contributed by atoms with Gasteiger partial charge in [-0.3, -0.25) is 4.99 Å². The zero-order valence-corrected chi connectivity index (χ0v) is 13.0. The van der Waals surface area contributed by atoms with Gasteiger partial charge < -0.3 is 11.1 Å². The molecule has 0 heterocycles. The predicted octanol–water partition coefficient (Wildman–Crippen LogP) is 3.75. The third-order valence-electron chi connectivity index (χ3n) is 3.61. The van der Waals surface area contributed by atoms with Crippen molar-refractivity contribution in [2.75, 3.05) is 0 Å². The Kier molecular flexibility index (Phi) is 5.25. The fourth-order valence-electron chi connectivity index (χ4n) is 2.53. The van der Waals surface area contributed by atoms with Crippen LogP contribution in [0.3, 0.4) is 0 Å². The van der Waals surface area contributed by atoms with Gasteiger partial charge in [-0.05, 0) is 37.5 Å². The molecule has 3 nitrogen and oxygen atoms in total. The van der Waals surface area contributed by atoms with E-state index in [1.807, 2.05) is 12.1 Å². The zero-order chi connectivity index (χ0) is 13.7. The van der Waals surface area contributed by atoms with Crippen LogP contribution in [-0.4, -0.2) is 12.0 Å². The normalized spacial score (nSPS) is 19.2. The summed E-state index contributed by atoms with van der Waals surface area (Å²) in [7, 11) is 0. The van der Waals surface area contributed by atoms with Gasteiger partial charge in [-0.2, -0.15) is 0 Å². The molecule has 2 rings (SSSR count). The van der Waals surface area contributed by atoms with Gasteiger partial charge in [0.1, 0.15) is 0 Å². The second kappa shape index (κ2) is 6.94. The molecular formula is C15H22BrN3. The third kappa shape index (κ3) is 4.53. The van der Waals surface area contributed by atoms with Gasteiger partial charge in [-0.15, -0.1) is 0 Å². The summed E-state index contributed by atoms with van der Waals surface area (Å²) < 4.78 is 1.08. The maximum Gasteiger partial charge on any atom is 0.189 e.